The lowest BCUT2D eigenvalue weighted by molar-refractivity contribution is -0.132. The lowest BCUT2D eigenvalue weighted by atomic mass is 9.92. The van der Waals surface area contributed by atoms with E-state index in [-0.39, 0.29) is 28.7 Å². The standard InChI is InChI=1S/C30H30ClNO6/c1-6-38-25-15-18(10-12-23(25)33)27-26(28(34)19-11-13-24(37-5)20(14-19)16(2)3)29(35)30(36)32(27)22-9-7-8-21(31)17(22)4/h7-16,27,33-34H,6H2,1-5H3/b28-26+. The Morgan fingerprint density at radius 1 is 1.08 bits per heavy atom. The zero-order valence-electron chi connectivity index (χ0n) is 21.9. The minimum atomic E-state index is -1.00. The summed E-state index contributed by atoms with van der Waals surface area (Å²) in [4.78, 5) is 28.4. The average Bonchev–Trinajstić information content (AvgIpc) is 3.16. The van der Waals surface area contributed by atoms with Gasteiger partial charge in [-0.2, -0.15) is 0 Å². The Hall–Kier alpha value is -3.97. The van der Waals surface area contributed by atoms with Crippen molar-refractivity contribution in [3.63, 3.8) is 0 Å². The highest BCUT2D eigenvalue weighted by molar-refractivity contribution is 6.52. The Labute approximate surface area is 226 Å². The molecule has 1 saturated heterocycles. The van der Waals surface area contributed by atoms with Crippen LogP contribution in [0.15, 0.2) is 60.2 Å². The Bertz CT molecular complexity index is 1440. The van der Waals surface area contributed by atoms with Gasteiger partial charge in [-0.1, -0.05) is 37.6 Å². The number of rotatable bonds is 7. The molecule has 4 rings (SSSR count). The van der Waals surface area contributed by atoms with E-state index in [0.29, 0.717) is 39.8 Å². The summed E-state index contributed by atoms with van der Waals surface area (Å²) >= 11 is 6.38. The number of aliphatic hydroxyl groups excluding tert-OH is 1. The number of ketones is 1. The van der Waals surface area contributed by atoms with Crippen molar-refractivity contribution in [3.05, 3.63) is 87.4 Å². The lowest BCUT2D eigenvalue weighted by Crippen LogP contribution is -2.30. The van der Waals surface area contributed by atoms with Crippen molar-refractivity contribution >= 4 is 34.7 Å². The van der Waals surface area contributed by atoms with Gasteiger partial charge < -0.3 is 19.7 Å². The summed E-state index contributed by atoms with van der Waals surface area (Å²) in [6.07, 6.45) is 0. The van der Waals surface area contributed by atoms with Gasteiger partial charge in [-0.05, 0) is 78.9 Å². The Morgan fingerprint density at radius 2 is 1.82 bits per heavy atom. The Morgan fingerprint density at radius 3 is 2.47 bits per heavy atom. The molecule has 0 radical (unpaired) electrons. The largest absolute Gasteiger partial charge is 0.507 e. The highest BCUT2D eigenvalue weighted by Crippen LogP contribution is 2.46. The smallest absolute Gasteiger partial charge is 0.300 e. The zero-order chi connectivity index (χ0) is 27.7. The summed E-state index contributed by atoms with van der Waals surface area (Å²) in [5.74, 6) is -1.09. The van der Waals surface area contributed by atoms with Gasteiger partial charge in [0.1, 0.15) is 11.5 Å². The number of amides is 1. The van der Waals surface area contributed by atoms with E-state index in [2.05, 4.69) is 0 Å². The van der Waals surface area contributed by atoms with Crippen LogP contribution in [0.3, 0.4) is 0 Å². The molecule has 0 saturated carbocycles. The fourth-order valence-corrected chi connectivity index (χ4v) is 4.88. The van der Waals surface area contributed by atoms with E-state index in [9.17, 15) is 19.8 Å². The predicted octanol–water partition coefficient (Wildman–Crippen LogP) is 6.51. The number of nitrogens with zero attached hydrogens (tertiary/aromatic N) is 1. The van der Waals surface area contributed by atoms with Crippen LogP contribution < -0.4 is 14.4 Å². The van der Waals surface area contributed by atoms with Crippen molar-refractivity contribution < 1.29 is 29.3 Å². The van der Waals surface area contributed by atoms with E-state index in [1.165, 1.54) is 11.0 Å². The summed E-state index contributed by atoms with van der Waals surface area (Å²) in [5.41, 5.74) is 2.66. The average molecular weight is 536 g/mol. The molecule has 1 aliphatic rings. The molecule has 1 fully saturated rings. The Balaban J connectivity index is 2.00. The number of carbonyl (C=O) groups excluding carboxylic acids is 2. The molecule has 8 heteroatoms. The van der Waals surface area contributed by atoms with Crippen LogP contribution in [0.4, 0.5) is 5.69 Å². The lowest BCUT2D eigenvalue weighted by Gasteiger charge is -2.27. The molecular formula is C30H30ClNO6. The molecule has 7 nitrogen and oxygen atoms in total. The number of methoxy groups -OCH3 is 1. The number of phenols is 1. The van der Waals surface area contributed by atoms with Crippen LogP contribution in [0.2, 0.25) is 5.02 Å². The summed E-state index contributed by atoms with van der Waals surface area (Å²) in [5, 5.41) is 22.3. The van der Waals surface area contributed by atoms with E-state index in [1.54, 1.807) is 69.5 Å². The molecule has 1 heterocycles. The first-order chi connectivity index (χ1) is 18.1. The minimum absolute atomic E-state index is 0.0795. The van der Waals surface area contributed by atoms with E-state index < -0.39 is 17.7 Å². The second-order valence-electron chi connectivity index (χ2n) is 9.32. The second kappa shape index (κ2) is 10.8. The van der Waals surface area contributed by atoms with Gasteiger partial charge in [-0.15, -0.1) is 0 Å². The quantitative estimate of drug-likeness (QED) is 0.203. The van der Waals surface area contributed by atoms with Crippen LogP contribution in [-0.4, -0.2) is 35.6 Å². The molecule has 1 amide bonds. The molecule has 0 aromatic heterocycles. The van der Waals surface area contributed by atoms with Crippen LogP contribution in [0.1, 0.15) is 55.0 Å². The monoisotopic (exact) mass is 535 g/mol. The van der Waals surface area contributed by atoms with Gasteiger partial charge in [-0.25, -0.2) is 0 Å². The van der Waals surface area contributed by atoms with Crippen LogP contribution >= 0.6 is 11.6 Å². The van der Waals surface area contributed by atoms with Gasteiger partial charge in [0.15, 0.2) is 11.5 Å². The maximum absolute atomic E-state index is 13.6. The molecule has 1 unspecified atom stereocenters. The van der Waals surface area contributed by atoms with Crippen molar-refractivity contribution in [1.29, 1.82) is 0 Å². The summed E-state index contributed by atoms with van der Waals surface area (Å²) in [6, 6.07) is 13.8. The number of hydrogen-bond donors (Lipinski definition) is 2. The van der Waals surface area contributed by atoms with E-state index in [4.69, 9.17) is 21.1 Å². The van der Waals surface area contributed by atoms with E-state index >= 15 is 0 Å². The van der Waals surface area contributed by atoms with Crippen LogP contribution in [-0.2, 0) is 9.59 Å². The number of phenolic OH excluding ortho intramolecular Hbond substituents is 1. The van der Waals surface area contributed by atoms with Crippen molar-refractivity contribution in [2.24, 2.45) is 0 Å². The molecule has 38 heavy (non-hydrogen) atoms. The van der Waals surface area contributed by atoms with Crippen molar-refractivity contribution in [2.75, 3.05) is 18.6 Å². The number of aromatic hydroxyl groups is 1. The third-order valence-corrected chi connectivity index (χ3v) is 7.08. The van der Waals surface area contributed by atoms with Crippen molar-refractivity contribution in [3.8, 4) is 17.2 Å². The topological polar surface area (TPSA) is 96.3 Å². The van der Waals surface area contributed by atoms with Gasteiger partial charge >= 0.3 is 0 Å². The molecule has 3 aromatic carbocycles. The maximum Gasteiger partial charge on any atom is 0.300 e. The first-order valence-corrected chi connectivity index (χ1v) is 12.7. The number of ether oxygens (including phenoxy) is 2. The van der Waals surface area contributed by atoms with Crippen molar-refractivity contribution in [2.45, 2.75) is 39.7 Å². The highest BCUT2D eigenvalue weighted by atomic mass is 35.5. The fourth-order valence-electron chi connectivity index (χ4n) is 4.71. The number of halogens is 1. The number of anilines is 1. The number of benzene rings is 3. The molecular weight excluding hydrogens is 506 g/mol. The first kappa shape index (κ1) is 27.1. The summed E-state index contributed by atoms with van der Waals surface area (Å²) in [7, 11) is 1.57. The minimum Gasteiger partial charge on any atom is -0.507 e. The molecule has 0 aliphatic carbocycles. The van der Waals surface area contributed by atoms with Gasteiger partial charge in [0.05, 0.1) is 25.3 Å². The molecule has 0 spiro atoms. The zero-order valence-corrected chi connectivity index (χ0v) is 22.7. The predicted molar refractivity (Wildman–Crippen MR) is 147 cm³/mol. The van der Waals surface area contributed by atoms with Gasteiger partial charge in [0.2, 0.25) is 0 Å². The molecule has 198 valence electrons. The molecule has 0 bridgehead atoms. The second-order valence-corrected chi connectivity index (χ2v) is 9.73. The normalized spacial score (nSPS) is 16.8. The van der Waals surface area contributed by atoms with Gasteiger partial charge in [0.25, 0.3) is 11.7 Å². The first-order valence-electron chi connectivity index (χ1n) is 12.3. The molecule has 1 aliphatic heterocycles. The van der Waals surface area contributed by atoms with Crippen LogP contribution in [0.25, 0.3) is 5.76 Å². The number of hydrogen-bond acceptors (Lipinski definition) is 6. The third-order valence-electron chi connectivity index (χ3n) is 6.67. The van der Waals surface area contributed by atoms with E-state index in [0.717, 1.165) is 5.56 Å². The van der Waals surface area contributed by atoms with E-state index in [1.807, 2.05) is 13.8 Å². The number of carbonyl (C=O) groups is 2. The molecule has 1 atom stereocenters. The molecule has 3 aromatic rings. The Kier molecular flexibility index (Phi) is 7.69. The van der Waals surface area contributed by atoms with Crippen LogP contribution in [0, 0.1) is 6.92 Å². The highest BCUT2D eigenvalue weighted by Gasteiger charge is 2.47. The fraction of sp³-hybridized carbons (Fsp3) is 0.267. The van der Waals surface area contributed by atoms with Gasteiger partial charge in [-0.3, -0.25) is 14.5 Å². The SMILES string of the molecule is CCOc1cc(C2/C(=C(\O)c3ccc(OC)c(C(C)C)c3)C(=O)C(=O)N2c2cccc(Cl)c2C)ccc1O. The number of aliphatic hydroxyl groups is 1. The number of Topliss-reactive ketones (excluding diaryl/α,β-unsaturated/α-hetero) is 1. The van der Waals surface area contributed by atoms with Crippen molar-refractivity contribution in [1.82, 2.24) is 0 Å². The van der Waals surface area contributed by atoms with Gasteiger partial charge in [0, 0.05) is 16.3 Å². The summed E-state index contributed by atoms with van der Waals surface area (Å²) in [6.45, 7) is 7.83. The molecule has 2 N–H and O–H groups in total. The summed E-state index contributed by atoms with van der Waals surface area (Å²) < 4.78 is 11.0. The third kappa shape index (κ3) is 4.70. The maximum atomic E-state index is 13.6. The van der Waals surface area contributed by atoms with Crippen LogP contribution in [0.5, 0.6) is 17.2 Å².